The van der Waals surface area contributed by atoms with E-state index in [1.54, 1.807) is 42.5 Å². The maximum atomic E-state index is 13.8. The molecule has 5 rings (SSSR count). The minimum absolute atomic E-state index is 0.0162. The summed E-state index contributed by atoms with van der Waals surface area (Å²) in [6.07, 6.45) is 3.29. The Morgan fingerprint density at radius 2 is 1.51 bits per heavy atom. The molecule has 0 spiro atoms. The van der Waals surface area contributed by atoms with E-state index in [0.717, 1.165) is 18.6 Å². The molecule has 3 amide bonds. The zero-order valence-corrected chi connectivity index (χ0v) is 30.3. The number of nitrogens with zero attached hydrogens (tertiary/aromatic N) is 2. The van der Waals surface area contributed by atoms with Crippen molar-refractivity contribution in [3.63, 3.8) is 0 Å². The number of amides is 3. The van der Waals surface area contributed by atoms with Crippen molar-refractivity contribution in [3.8, 4) is 11.5 Å². The molecule has 0 saturated heterocycles. The van der Waals surface area contributed by atoms with E-state index < -0.39 is 22.0 Å². The lowest BCUT2D eigenvalue weighted by Crippen LogP contribution is -2.49. The van der Waals surface area contributed by atoms with Gasteiger partial charge in [-0.3, -0.25) is 9.69 Å². The van der Waals surface area contributed by atoms with E-state index in [9.17, 15) is 23.1 Å². The lowest BCUT2D eigenvalue weighted by Gasteiger charge is -2.34. The Morgan fingerprint density at radius 3 is 2.20 bits per heavy atom. The zero-order chi connectivity index (χ0) is 35.7. The Balaban J connectivity index is 1.32. The normalized spacial score (nSPS) is 14.6. The number of carbonyl (C=O) groups is 2. The second-order valence-corrected chi connectivity index (χ2v) is 15.7. The number of rotatable bonds is 12. The van der Waals surface area contributed by atoms with Crippen molar-refractivity contribution in [2.75, 3.05) is 29.4 Å². The van der Waals surface area contributed by atoms with Crippen molar-refractivity contribution in [3.05, 3.63) is 89.5 Å². The van der Waals surface area contributed by atoms with Crippen LogP contribution in [0.25, 0.3) is 10.8 Å². The maximum absolute atomic E-state index is 13.8. The number of phenolic OH excluding ortho intramolecular Hbond substituents is 1. The SMILES string of the molecule is CCC(C)(C)c1ccc(OCCCCNC(=O)c2cc(N3C(=O)N(C)c4ccccc4S3(=O)=O)c3ccccc3c2O)c(C(C)(C)CC)c1. The van der Waals surface area contributed by atoms with Crippen molar-refractivity contribution in [1.29, 1.82) is 0 Å². The summed E-state index contributed by atoms with van der Waals surface area (Å²) < 4.78 is 34.6. The topological polar surface area (TPSA) is 116 Å². The van der Waals surface area contributed by atoms with Crippen LogP contribution in [-0.2, 0) is 20.9 Å². The van der Waals surface area contributed by atoms with Gasteiger partial charge in [0.25, 0.3) is 15.9 Å². The number of aromatic hydroxyl groups is 1. The summed E-state index contributed by atoms with van der Waals surface area (Å²) in [5, 5.41) is 14.6. The van der Waals surface area contributed by atoms with Gasteiger partial charge in [-0.05, 0) is 66.3 Å². The Bertz CT molecular complexity index is 2000. The highest BCUT2D eigenvalue weighted by Gasteiger charge is 2.42. The number of sulfonamides is 1. The molecule has 10 heteroatoms. The highest BCUT2D eigenvalue weighted by molar-refractivity contribution is 7.94. The molecule has 0 aliphatic carbocycles. The third-order valence-electron chi connectivity index (χ3n) is 10.0. The van der Waals surface area contributed by atoms with E-state index in [4.69, 9.17) is 4.74 Å². The van der Waals surface area contributed by atoms with Gasteiger partial charge in [-0.15, -0.1) is 0 Å². The van der Waals surface area contributed by atoms with Crippen LogP contribution >= 0.6 is 0 Å². The average molecular weight is 686 g/mol. The molecule has 4 aromatic carbocycles. The molecule has 0 radical (unpaired) electrons. The fraction of sp³-hybridized carbons (Fsp3) is 0.385. The number of phenols is 1. The highest BCUT2D eigenvalue weighted by Crippen LogP contribution is 2.43. The van der Waals surface area contributed by atoms with E-state index in [1.165, 1.54) is 35.2 Å². The monoisotopic (exact) mass is 685 g/mol. The van der Waals surface area contributed by atoms with Crippen LogP contribution in [-0.4, -0.2) is 45.7 Å². The molecule has 260 valence electrons. The van der Waals surface area contributed by atoms with Crippen LogP contribution in [0.1, 0.15) is 88.7 Å². The zero-order valence-electron chi connectivity index (χ0n) is 29.5. The summed E-state index contributed by atoms with van der Waals surface area (Å²) >= 11 is 0. The van der Waals surface area contributed by atoms with Crippen LogP contribution in [0.15, 0.2) is 77.7 Å². The van der Waals surface area contributed by atoms with E-state index >= 15 is 0 Å². The number of hydrogen-bond acceptors (Lipinski definition) is 6. The number of ether oxygens (including phenoxy) is 1. The van der Waals surface area contributed by atoms with Gasteiger partial charge in [0.05, 0.1) is 23.5 Å². The first-order valence-electron chi connectivity index (χ1n) is 16.9. The molecular weight excluding hydrogens is 639 g/mol. The number of fused-ring (bicyclic) bond motifs is 2. The molecule has 0 atom stereocenters. The minimum atomic E-state index is -4.33. The van der Waals surface area contributed by atoms with Crippen LogP contribution in [0.4, 0.5) is 16.2 Å². The predicted molar refractivity (Wildman–Crippen MR) is 196 cm³/mol. The third-order valence-corrected chi connectivity index (χ3v) is 11.8. The van der Waals surface area contributed by atoms with Gasteiger partial charge in [0.15, 0.2) is 0 Å². The lowest BCUT2D eigenvalue weighted by molar-refractivity contribution is 0.0950. The summed E-state index contributed by atoms with van der Waals surface area (Å²) in [7, 11) is -2.83. The van der Waals surface area contributed by atoms with E-state index in [2.05, 4.69) is 65.1 Å². The average Bonchev–Trinajstić information content (AvgIpc) is 3.09. The number of carbonyl (C=O) groups excluding carboxylic acids is 2. The molecule has 0 bridgehead atoms. The third kappa shape index (κ3) is 6.71. The predicted octanol–water partition coefficient (Wildman–Crippen LogP) is 8.27. The Kier molecular flexibility index (Phi) is 10.0. The molecule has 1 heterocycles. The fourth-order valence-corrected chi connectivity index (χ4v) is 7.67. The van der Waals surface area contributed by atoms with Gasteiger partial charge >= 0.3 is 6.03 Å². The summed E-state index contributed by atoms with van der Waals surface area (Å²) in [5.74, 6) is -0.00524. The van der Waals surface area contributed by atoms with Crippen molar-refractivity contribution in [1.82, 2.24) is 5.32 Å². The van der Waals surface area contributed by atoms with Crippen LogP contribution in [0.3, 0.4) is 0 Å². The second-order valence-electron chi connectivity index (χ2n) is 13.9. The number of hydrogen-bond donors (Lipinski definition) is 2. The maximum Gasteiger partial charge on any atom is 0.342 e. The van der Waals surface area contributed by atoms with Gasteiger partial charge in [0.1, 0.15) is 16.4 Å². The molecule has 9 nitrogen and oxygen atoms in total. The van der Waals surface area contributed by atoms with Gasteiger partial charge in [-0.2, -0.15) is 4.31 Å². The van der Waals surface area contributed by atoms with Crippen LogP contribution < -0.4 is 19.3 Å². The minimum Gasteiger partial charge on any atom is -0.506 e. The van der Waals surface area contributed by atoms with Gasteiger partial charge in [0.2, 0.25) is 0 Å². The number of benzene rings is 4. The van der Waals surface area contributed by atoms with Crippen LogP contribution in [0.2, 0.25) is 0 Å². The molecule has 0 saturated carbocycles. The number of anilines is 2. The molecule has 0 unspecified atom stereocenters. The number of nitrogens with one attached hydrogen (secondary N) is 1. The van der Waals surface area contributed by atoms with Gasteiger partial charge < -0.3 is 15.2 Å². The molecule has 2 N–H and O–H groups in total. The number of urea groups is 1. The first-order valence-corrected chi connectivity index (χ1v) is 18.3. The molecule has 1 aliphatic heterocycles. The summed E-state index contributed by atoms with van der Waals surface area (Å²) in [5.41, 5.74) is 2.61. The van der Waals surface area contributed by atoms with Gasteiger partial charge in [-0.25, -0.2) is 13.2 Å². The molecule has 4 aromatic rings. The lowest BCUT2D eigenvalue weighted by atomic mass is 9.76. The van der Waals surface area contributed by atoms with E-state index in [-0.39, 0.29) is 43.8 Å². The molecule has 0 aromatic heterocycles. The number of para-hydroxylation sites is 1. The Morgan fingerprint density at radius 1 is 0.857 bits per heavy atom. The Labute approximate surface area is 289 Å². The summed E-state index contributed by atoms with van der Waals surface area (Å²) in [6, 6.07) is 19.8. The van der Waals surface area contributed by atoms with E-state index in [1.807, 2.05) is 0 Å². The fourth-order valence-electron chi connectivity index (χ4n) is 6.01. The second kappa shape index (κ2) is 13.7. The standard InChI is InChI=1S/C39H47N3O6S/c1-8-38(3,4)26-20-21-33(30(24-26)39(5,6)9-2)48-23-15-14-22-40-36(44)29-25-32(27-16-10-11-17-28(27)35(29)43)42-37(45)41(7)31-18-12-13-19-34(31)49(42,46)47/h10-13,16-21,24-25,43H,8-9,14-15,22-23H2,1-7H3,(H,40,44). The quantitative estimate of drug-likeness (QED) is 0.145. The first-order chi connectivity index (χ1) is 23.2. The molecule has 0 fully saturated rings. The van der Waals surface area contributed by atoms with Crippen molar-refractivity contribution < 1.29 is 27.9 Å². The van der Waals surface area contributed by atoms with Crippen molar-refractivity contribution in [2.45, 2.75) is 83.0 Å². The van der Waals surface area contributed by atoms with Crippen molar-refractivity contribution >= 4 is 44.1 Å². The molecule has 49 heavy (non-hydrogen) atoms. The smallest absolute Gasteiger partial charge is 0.342 e. The molecule has 1 aliphatic rings. The van der Waals surface area contributed by atoms with Crippen LogP contribution in [0.5, 0.6) is 11.5 Å². The van der Waals surface area contributed by atoms with E-state index in [0.29, 0.717) is 35.7 Å². The van der Waals surface area contributed by atoms with Gasteiger partial charge in [0, 0.05) is 29.9 Å². The first kappa shape index (κ1) is 35.7. The Hall–Kier alpha value is -4.57. The largest absolute Gasteiger partial charge is 0.506 e. The summed E-state index contributed by atoms with van der Waals surface area (Å²) in [6.45, 7) is 14.1. The van der Waals surface area contributed by atoms with Crippen molar-refractivity contribution in [2.24, 2.45) is 0 Å². The molecular formula is C39H47N3O6S. The van der Waals surface area contributed by atoms with Crippen LogP contribution in [0, 0.1) is 0 Å². The highest BCUT2D eigenvalue weighted by atomic mass is 32.2. The summed E-state index contributed by atoms with van der Waals surface area (Å²) in [4.78, 5) is 28.2. The number of unbranched alkanes of at least 4 members (excludes halogenated alkanes) is 1. The van der Waals surface area contributed by atoms with Gasteiger partial charge in [-0.1, -0.05) is 90.1 Å².